The largest absolute Gasteiger partial charge is 0.468 e. The van der Waals surface area contributed by atoms with Crippen LogP contribution < -0.4 is 0 Å². The standard InChI is InChI=1S/C18H26BrNO3/c1-4-14-11-13(2)12-16(19)15(14)5-7-20-8-10-23-9-6-17(20)18(21)22-3/h11-12,17H,4-10H2,1-3H3. The van der Waals surface area contributed by atoms with E-state index in [2.05, 4.69) is 46.8 Å². The molecule has 5 heteroatoms. The molecule has 0 bridgehead atoms. The summed E-state index contributed by atoms with van der Waals surface area (Å²) < 4.78 is 11.7. The lowest BCUT2D eigenvalue weighted by Gasteiger charge is -2.27. The van der Waals surface area contributed by atoms with E-state index in [1.807, 2.05) is 0 Å². The van der Waals surface area contributed by atoms with Crippen LogP contribution in [0, 0.1) is 6.92 Å². The molecule has 0 amide bonds. The second-order valence-corrected chi connectivity index (χ2v) is 6.82. The number of methoxy groups -OCH3 is 1. The van der Waals surface area contributed by atoms with Gasteiger partial charge in [0.25, 0.3) is 0 Å². The molecule has 2 rings (SSSR count). The summed E-state index contributed by atoms with van der Waals surface area (Å²) in [4.78, 5) is 14.2. The van der Waals surface area contributed by atoms with E-state index in [1.54, 1.807) is 0 Å². The first-order chi connectivity index (χ1) is 11.1. The maximum atomic E-state index is 12.0. The predicted octanol–water partition coefficient (Wildman–Crippen LogP) is 3.13. The van der Waals surface area contributed by atoms with Crippen LogP contribution in [-0.4, -0.2) is 50.3 Å². The van der Waals surface area contributed by atoms with Crippen LogP contribution in [0.3, 0.4) is 0 Å². The zero-order valence-corrected chi connectivity index (χ0v) is 15.8. The van der Waals surface area contributed by atoms with E-state index in [4.69, 9.17) is 9.47 Å². The monoisotopic (exact) mass is 383 g/mol. The second kappa shape index (κ2) is 8.81. The number of nitrogens with zero attached hydrogens (tertiary/aromatic N) is 1. The topological polar surface area (TPSA) is 38.8 Å². The van der Waals surface area contributed by atoms with E-state index in [9.17, 15) is 4.79 Å². The van der Waals surface area contributed by atoms with E-state index in [0.29, 0.717) is 19.6 Å². The Balaban J connectivity index is 2.13. The maximum Gasteiger partial charge on any atom is 0.323 e. The number of halogens is 1. The molecule has 1 atom stereocenters. The van der Waals surface area contributed by atoms with Crippen molar-refractivity contribution in [3.63, 3.8) is 0 Å². The van der Waals surface area contributed by atoms with Gasteiger partial charge in [0, 0.05) is 24.2 Å². The van der Waals surface area contributed by atoms with Gasteiger partial charge in [0.15, 0.2) is 0 Å². The average molecular weight is 384 g/mol. The molecule has 1 aromatic rings. The van der Waals surface area contributed by atoms with E-state index in [0.717, 1.165) is 30.4 Å². The second-order valence-electron chi connectivity index (χ2n) is 5.96. The smallest absolute Gasteiger partial charge is 0.323 e. The number of benzene rings is 1. The fourth-order valence-corrected chi connectivity index (χ4v) is 4.00. The fourth-order valence-electron chi connectivity index (χ4n) is 3.18. The number of rotatable bonds is 5. The molecule has 1 aliphatic rings. The molecule has 23 heavy (non-hydrogen) atoms. The molecular weight excluding hydrogens is 358 g/mol. The van der Waals surface area contributed by atoms with Gasteiger partial charge in [-0.2, -0.15) is 0 Å². The first-order valence-corrected chi connectivity index (χ1v) is 9.03. The summed E-state index contributed by atoms with van der Waals surface area (Å²) in [5, 5.41) is 0. The highest BCUT2D eigenvalue weighted by Gasteiger charge is 2.28. The molecular formula is C18H26BrNO3. The molecule has 0 saturated carbocycles. The minimum absolute atomic E-state index is 0.158. The van der Waals surface area contributed by atoms with Gasteiger partial charge >= 0.3 is 5.97 Å². The Labute approximate surface area is 147 Å². The third-order valence-corrected chi connectivity index (χ3v) is 5.14. The molecule has 1 heterocycles. The van der Waals surface area contributed by atoms with Crippen molar-refractivity contribution in [1.82, 2.24) is 4.90 Å². The van der Waals surface area contributed by atoms with Crippen molar-refractivity contribution in [3.05, 3.63) is 33.3 Å². The first-order valence-electron chi connectivity index (χ1n) is 8.24. The highest BCUT2D eigenvalue weighted by molar-refractivity contribution is 9.10. The Hall–Kier alpha value is -0.910. The quantitative estimate of drug-likeness (QED) is 0.732. The Morgan fingerprint density at radius 3 is 2.91 bits per heavy atom. The Morgan fingerprint density at radius 2 is 2.22 bits per heavy atom. The van der Waals surface area contributed by atoms with Crippen LogP contribution in [0.2, 0.25) is 0 Å². The first kappa shape index (κ1) is 18.4. The number of carbonyl (C=O) groups excluding carboxylic acids is 1. The molecule has 4 nitrogen and oxygen atoms in total. The minimum atomic E-state index is -0.197. The van der Waals surface area contributed by atoms with E-state index in [1.165, 1.54) is 23.8 Å². The summed E-state index contributed by atoms with van der Waals surface area (Å²) in [5.41, 5.74) is 3.98. The SMILES string of the molecule is CCc1cc(C)cc(Br)c1CCN1CCOCCC1C(=O)OC. The van der Waals surface area contributed by atoms with Crippen LogP contribution >= 0.6 is 15.9 Å². The van der Waals surface area contributed by atoms with Crippen LogP contribution in [0.15, 0.2) is 16.6 Å². The molecule has 1 aliphatic heterocycles. The van der Waals surface area contributed by atoms with Gasteiger partial charge in [-0.25, -0.2) is 0 Å². The summed E-state index contributed by atoms with van der Waals surface area (Å²) in [6, 6.07) is 4.22. The van der Waals surface area contributed by atoms with Crippen molar-refractivity contribution in [2.75, 3.05) is 33.4 Å². The van der Waals surface area contributed by atoms with Crippen LogP contribution in [-0.2, 0) is 27.1 Å². The van der Waals surface area contributed by atoms with Crippen molar-refractivity contribution in [2.24, 2.45) is 0 Å². The molecule has 1 fully saturated rings. The lowest BCUT2D eigenvalue weighted by atomic mass is 9.99. The number of aryl methyl sites for hydroxylation is 2. The molecule has 1 unspecified atom stereocenters. The van der Waals surface area contributed by atoms with Gasteiger partial charge in [-0.05, 0) is 48.9 Å². The lowest BCUT2D eigenvalue weighted by molar-refractivity contribution is -0.147. The van der Waals surface area contributed by atoms with Gasteiger partial charge in [0.2, 0.25) is 0 Å². The number of hydrogen-bond donors (Lipinski definition) is 0. The van der Waals surface area contributed by atoms with Gasteiger partial charge in [-0.1, -0.05) is 28.9 Å². The van der Waals surface area contributed by atoms with Gasteiger partial charge in [0.1, 0.15) is 6.04 Å². The lowest BCUT2D eigenvalue weighted by Crippen LogP contribution is -2.43. The van der Waals surface area contributed by atoms with Crippen molar-refractivity contribution >= 4 is 21.9 Å². The predicted molar refractivity (Wildman–Crippen MR) is 94.8 cm³/mol. The molecule has 0 N–H and O–H groups in total. The summed E-state index contributed by atoms with van der Waals surface area (Å²) in [6.07, 6.45) is 2.62. The molecule has 1 aromatic carbocycles. The highest BCUT2D eigenvalue weighted by atomic mass is 79.9. The zero-order valence-electron chi connectivity index (χ0n) is 14.2. The number of carbonyl (C=O) groups is 1. The molecule has 0 radical (unpaired) electrons. The van der Waals surface area contributed by atoms with E-state index >= 15 is 0 Å². The van der Waals surface area contributed by atoms with Crippen molar-refractivity contribution < 1.29 is 14.3 Å². The minimum Gasteiger partial charge on any atom is -0.468 e. The zero-order chi connectivity index (χ0) is 16.8. The maximum absolute atomic E-state index is 12.0. The average Bonchev–Trinajstić information content (AvgIpc) is 2.78. The van der Waals surface area contributed by atoms with Gasteiger partial charge in [-0.15, -0.1) is 0 Å². The molecule has 0 aliphatic carbocycles. The summed E-state index contributed by atoms with van der Waals surface area (Å²) in [6.45, 7) is 7.19. The van der Waals surface area contributed by atoms with Crippen molar-refractivity contribution in [1.29, 1.82) is 0 Å². The van der Waals surface area contributed by atoms with Crippen LogP contribution in [0.25, 0.3) is 0 Å². The molecule has 1 saturated heterocycles. The Kier molecular flexibility index (Phi) is 7.06. The third-order valence-electron chi connectivity index (χ3n) is 4.43. The molecule has 0 spiro atoms. The molecule has 128 valence electrons. The van der Waals surface area contributed by atoms with Crippen LogP contribution in [0.4, 0.5) is 0 Å². The summed E-state index contributed by atoms with van der Waals surface area (Å²) >= 11 is 3.70. The Bertz CT molecular complexity index is 547. The highest BCUT2D eigenvalue weighted by Crippen LogP contribution is 2.25. The Morgan fingerprint density at radius 1 is 1.43 bits per heavy atom. The van der Waals surface area contributed by atoms with Crippen LogP contribution in [0.1, 0.15) is 30.0 Å². The van der Waals surface area contributed by atoms with Gasteiger partial charge in [-0.3, -0.25) is 9.69 Å². The number of hydrogen-bond acceptors (Lipinski definition) is 4. The van der Waals surface area contributed by atoms with E-state index < -0.39 is 0 Å². The molecule has 0 aromatic heterocycles. The van der Waals surface area contributed by atoms with Gasteiger partial charge < -0.3 is 9.47 Å². The van der Waals surface area contributed by atoms with Crippen molar-refractivity contribution in [3.8, 4) is 0 Å². The van der Waals surface area contributed by atoms with Gasteiger partial charge in [0.05, 0.1) is 13.7 Å². The summed E-state index contributed by atoms with van der Waals surface area (Å²) in [5.74, 6) is -0.158. The van der Waals surface area contributed by atoms with Crippen molar-refractivity contribution in [2.45, 2.75) is 39.2 Å². The fraction of sp³-hybridized carbons (Fsp3) is 0.611. The summed E-state index contributed by atoms with van der Waals surface area (Å²) in [7, 11) is 1.46. The van der Waals surface area contributed by atoms with E-state index in [-0.39, 0.29) is 12.0 Å². The number of esters is 1. The normalized spacial score (nSPS) is 19.4. The third kappa shape index (κ3) is 4.78. The number of ether oxygens (including phenoxy) is 2. The van der Waals surface area contributed by atoms with Crippen LogP contribution in [0.5, 0.6) is 0 Å².